The Kier molecular flexibility index (Phi) is 5.97. The number of aryl methyl sites for hydroxylation is 1. The third-order valence-electron chi connectivity index (χ3n) is 3.82. The number of hydrogen-bond donors (Lipinski definition) is 1. The van der Waals surface area contributed by atoms with Crippen LogP contribution in [0.3, 0.4) is 0 Å². The summed E-state index contributed by atoms with van der Waals surface area (Å²) in [5.41, 5.74) is 6.18. The number of hydrazone groups is 1. The van der Waals surface area contributed by atoms with Gasteiger partial charge < -0.3 is 4.57 Å². The van der Waals surface area contributed by atoms with Gasteiger partial charge in [0.15, 0.2) is 5.16 Å². The molecule has 0 spiro atoms. The lowest BCUT2D eigenvalue weighted by Crippen LogP contribution is -2.19. The molecule has 0 atom stereocenters. The molecule has 0 bridgehead atoms. The number of carbonyl (C=O) groups excluding carboxylic acids is 1. The molecule has 3 aromatic rings. The van der Waals surface area contributed by atoms with Gasteiger partial charge in [0.05, 0.1) is 12.0 Å². The highest BCUT2D eigenvalue weighted by Gasteiger charge is 2.10. The number of halogens is 1. The normalized spacial score (nSPS) is 11.1. The van der Waals surface area contributed by atoms with Gasteiger partial charge in [-0.1, -0.05) is 11.8 Å². The molecule has 1 amide bonds. The quantitative estimate of drug-likeness (QED) is 0.307. The number of hydrogen-bond acceptors (Lipinski definition) is 5. The van der Waals surface area contributed by atoms with Crippen LogP contribution in [0.4, 0.5) is 4.39 Å². The standard InChI is InChI=1S/C19H18FN5OS/c1-13-10-15(14(2)25(13)17-6-4-16(20)5-7-17)11-23-24-18(26)12-27-19-21-8-3-9-22-19/h3-11H,12H2,1-2H3,(H,24,26)/b23-11-. The third kappa shape index (κ3) is 4.79. The molecule has 1 aromatic carbocycles. The Morgan fingerprint density at radius 2 is 1.96 bits per heavy atom. The number of amides is 1. The SMILES string of the molecule is Cc1cc(/C=N\NC(=O)CSc2ncccn2)c(C)n1-c1ccc(F)cc1. The minimum Gasteiger partial charge on any atom is -0.318 e. The maximum atomic E-state index is 13.1. The molecule has 0 saturated carbocycles. The Bertz CT molecular complexity index is 954. The Labute approximate surface area is 160 Å². The molecular formula is C19H18FN5OS. The molecule has 0 aliphatic carbocycles. The molecule has 0 radical (unpaired) electrons. The number of thioether (sulfide) groups is 1. The number of benzene rings is 1. The van der Waals surface area contributed by atoms with E-state index in [1.165, 1.54) is 23.9 Å². The zero-order valence-corrected chi connectivity index (χ0v) is 15.7. The predicted octanol–water partition coefficient (Wildman–Crippen LogP) is 3.27. The summed E-state index contributed by atoms with van der Waals surface area (Å²) in [7, 11) is 0. The van der Waals surface area contributed by atoms with E-state index in [2.05, 4.69) is 20.5 Å². The summed E-state index contributed by atoms with van der Waals surface area (Å²) in [6.45, 7) is 3.91. The van der Waals surface area contributed by atoms with Gasteiger partial charge in [-0.25, -0.2) is 19.8 Å². The first-order chi connectivity index (χ1) is 13.0. The molecule has 0 fully saturated rings. The summed E-state index contributed by atoms with van der Waals surface area (Å²) >= 11 is 1.24. The van der Waals surface area contributed by atoms with E-state index in [0.717, 1.165) is 22.6 Å². The first kappa shape index (κ1) is 18.8. The van der Waals surface area contributed by atoms with E-state index in [0.29, 0.717) is 5.16 Å². The van der Waals surface area contributed by atoms with Crippen LogP contribution in [0, 0.1) is 19.7 Å². The van der Waals surface area contributed by atoms with Crippen LogP contribution >= 0.6 is 11.8 Å². The highest BCUT2D eigenvalue weighted by Crippen LogP contribution is 2.20. The van der Waals surface area contributed by atoms with Crippen molar-refractivity contribution in [3.63, 3.8) is 0 Å². The molecule has 1 N–H and O–H groups in total. The fourth-order valence-electron chi connectivity index (χ4n) is 2.60. The molecule has 138 valence electrons. The maximum absolute atomic E-state index is 13.1. The Balaban J connectivity index is 1.63. The fourth-order valence-corrected chi connectivity index (χ4v) is 3.20. The number of aromatic nitrogens is 3. The van der Waals surface area contributed by atoms with Gasteiger partial charge in [-0.2, -0.15) is 5.10 Å². The minimum absolute atomic E-state index is 0.177. The first-order valence-electron chi connectivity index (χ1n) is 8.21. The summed E-state index contributed by atoms with van der Waals surface area (Å²) in [6.07, 6.45) is 4.86. The number of rotatable bonds is 6. The van der Waals surface area contributed by atoms with E-state index < -0.39 is 0 Å². The summed E-state index contributed by atoms with van der Waals surface area (Å²) < 4.78 is 15.1. The molecule has 0 aliphatic heterocycles. The molecule has 3 rings (SSSR count). The van der Waals surface area contributed by atoms with Crippen LogP contribution in [0.1, 0.15) is 17.0 Å². The van der Waals surface area contributed by atoms with Crippen molar-refractivity contribution < 1.29 is 9.18 Å². The van der Waals surface area contributed by atoms with Crippen molar-refractivity contribution in [1.82, 2.24) is 20.0 Å². The molecule has 0 saturated heterocycles. The third-order valence-corrected chi connectivity index (χ3v) is 4.70. The lowest BCUT2D eigenvalue weighted by atomic mass is 10.2. The molecule has 27 heavy (non-hydrogen) atoms. The second kappa shape index (κ2) is 8.59. The van der Waals surface area contributed by atoms with Crippen LogP contribution in [-0.4, -0.2) is 32.4 Å². The summed E-state index contributed by atoms with van der Waals surface area (Å²) in [4.78, 5) is 20.0. The Morgan fingerprint density at radius 1 is 1.26 bits per heavy atom. The molecule has 0 aliphatic rings. The minimum atomic E-state index is -0.274. The van der Waals surface area contributed by atoms with Crippen LogP contribution < -0.4 is 5.43 Å². The van der Waals surface area contributed by atoms with Crippen LogP contribution in [0.5, 0.6) is 0 Å². The van der Waals surface area contributed by atoms with E-state index in [-0.39, 0.29) is 17.5 Å². The molecule has 0 unspecified atom stereocenters. The van der Waals surface area contributed by atoms with Crippen molar-refractivity contribution in [1.29, 1.82) is 0 Å². The van der Waals surface area contributed by atoms with E-state index in [9.17, 15) is 9.18 Å². The van der Waals surface area contributed by atoms with Crippen LogP contribution in [0.15, 0.2) is 59.0 Å². The molecule has 6 nitrogen and oxygen atoms in total. The van der Waals surface area contributed by atoms with Gasteiger partial charge in [0.1, 0.15) is 5.82 Å². The highest BCUT2D eigenvalue weighted by atomic mass is 32.2. The van der Waals surface area contributed by atoms with Crippen LogP contribution in [0.2, 0.25) is 0 Å². The van der Waals surface area contributed by atoms with Gasteiger partial charge in [-0.05, 0) is 50.2 Å². The maximum Gasteiger partial charge on any atom is 0.250 e. The van der Waals surface area contributed by atoms with Gasteiger partial charge >= 0.3 is 0 Å². The summed E-state index contributed by atoms with van der Waals surface area (Å²) in [5.74, 6) is -0.337. The largest absolute Gasteiger partial charge is 0.318 e. The fraction of sp³-hybridized carbons (Fsp3) is 0.158. The predicted molar refractivity (Wildman–Crippen MR) is 104 cm³/mol. The van der Waals surface area contributed by atoms with E-state index in [1.54, 1.807) is 36.8 Å². The van der Waals surface area contributed by atoms with Crippen molar-refractivity contribution in [2.45, 2.75) is 19.0 Å². The van der Waals surface area contributed by atoms with E-state index in [1.807, 2.05) is 24.5 Å². The van der Waals surface area contributed by atoms with Crippen molar-refractivity contribution in [3.8, 4) is 5.69 Å². The first-order valence-corrected chi connectivity index (χ1v) is 9.20. The van der Waals surface area contributed by atoms with Crippen molar-refractivity contribution in [2.24, 2.45) is 5.10 Å². The zero-order chi connectivity index (χ0) is 19.2. The average Bonchev–Trinajstić information content (AvgIpc) is 2.95. The van der Waals surface area contributed by atoms with Gasteiger partial charge in [-0.3, -0.25) is 4.79 Å². The average molecular weight is 383 g/mol. The number of nitrogens with one attached hydrogen (secondary N) is 1. The Morgan fingerprint density at radius 3 is 2.67 bits per heavy atom. The molecule has 2 aromatic heterocycles. The molecule has 8 heteroatoms. The van der Waals surface area contributed by atoms with Gasteiger partial charge in [-0.15, -0.1) is 0 Å². The van der Waals surface area contributed by atoms with Crippen LogP contribution in [-0.2, 0) is 4.79 Å². The van der Waals surface area contributed by atoms with Gasteiger partial charge in [0.25, 0.3) is 5.91 Å². The molecular weight excluding hydrogens is 365 g/mol. The second-order valence-corrected chi connectivity index (χ2v) is 6.69. The monoisotopic (exact) mass is 383 g/mol. The van der Waals surface area contributed by atoms with Crippen molar-refractivity contribution >= 4 is 23.9 Å². The lowest BCUT2D eigenvalue weighted by Gasteiger charge is -2.09. The lowest BCUT2D eigenvalue weighted by molar-refractivity contribution is -0.118. The second-order valence-electron chi connectivity index (χ2n) is 5.75. The van der Waals surface area contributed by atoms with Crippen molar-refractivity contribution in [2.75, 3.05) is 5.75 Å². The summed E-state index contributed by atoms with van der Waals surface area (Å²) in [5, 5.41) is 4.57. The van der Waals surface area contributed by atoms with Crippen LogP contribution in [0.25, 0.3) is 5.69 Å². The summed E-state index contributed by atoms with van der Waals surface area (Å²) in [6, 6.07) is 9.98. The van der Waals surface area contributed by atoms with Gasteiger partial charge in [0.2, 0.25) is 0 Å². The number of nitrogens with zero attached hydrogens (tertiary/aromatic N) is 4. The van der Waals surface area contributed by atoms with Crippen molar-refractivity contribution in [3.05, 3.63) is 71.6 Å². The number of carbonyl (C=O) groups is 1. The van der Waals surface area contributed by atoms with E-state index >= 15 is 0 Å². The zero-order valence-electron chi connectivity index (χ0n) is 14.9. The van der Waals surface area contributed by atoms with E-state index in [4.69, 9.17) is 0 Å². The topological polar surface area (TPSA) is 72.2 Å². The molecule has 2 heterocycles. The Hall–Kier alpha value is -3.00. The smallest absolute Gasteiger partial charge is 0.250 e. The van der Waals surface area contributed by atoms with Gasteiger partial charge in [0, 0.05) is 35.0 Å². The highest BCUT2D eigenvalue weighted by molar-refractivity contribution is 7.99.